The number of phenolic OH excluding ortho intramolecular Hbond substituents is 1. The highest BCUT2D eigenvalue weighted by atomic mass is 16.3. The smallest absolute Gasteiger partial charge is 0.255 e. The number of aromatic hydroxyl groups is 1. The van der Waals surface area contributed by atoms with Gasteiger partial charge in [-0.3, -0.25) is 24.1 Å². The quantitative estimate of drug-likeness (QED) is 0.328. The lowest BCUT2D eigenvalue weighted by molar-refractivity contribution is -0.153. The van der Waals surface area contributed by atoms with E-state index >= 15 is 0 Å². The van der Waals surface area contributed by atoms with Crippen LogP contribution >= 0.6 is 0 Å². The fraction of sp³-hybridized carbons (Fsp3) is 0.562. The monoisotopic (exact) mass is 580 g/mol. The van der Waals surface area contributed by atoms with Crippen LogP contribution in [0.25, 0.3) is 5.76 Å². The molecule has 0 heterocycles. The first kappa shape index (κ1) is 30.0. The first-order valence-corrected chi connectivity index (χ1v) is 14.5. The van der Waals surface area contributed by atoms with E-state index in [4.69, 9.17) is 5.73 Å². The van der Waals surface area contributed by atoms with Crippen LogP contribution in [0.1, 0.15) is 75.5 Å². The van der Waals surface area contributed by atoms with Gasteiger partial charge in [-0.15, -0.1) is 0 Å². The Hall–Kier alpha value is -3.50. The predicted molar refractivity (Wildman–Crippen MR) is 153 cm³/mol. The Bertz CT molecular complexity index is 1470. The molecule has 2 saturated carbocycles. The molecule has 2 unspecified atom stereocenters. The molecule has 6 atom stereocenters. The molecule has 5 rings (SSSR count). The van der Waals surface area contributed by atoms with Gasteiger partial charge in [-0.2, -0.15) is 0 Å². The van der Waals surface area contributed by atoms with Gasteiger partial charge in [0, 0.05) is 23.8 Å². The molecule has 0 spiro atoms. The van der Waals surface area contributed by atoms with Crippen molar-refractivity contribution in [2.75, 3.05) is 14.1 Å². The van der Waals surface area contributed by atoms with Crippen LogP contribution in [0.15, 0.2) is 29.0 Å². The molecule has 0 bridgehead atoms. The summed E-state index contributed by atoms with van der Waals surface area (Å²) in [5.74, 6) is -6.89. The predicted octanol–water partition coefficient (Wildman–Crippen LogP) is 2.85. The lowest BCUT2D eigenvalue weighted by Crippen LogP contribution is -2.65. The topological polar surface area (TPSA) is 178 Å². The Morgan fingerprint density at radius 2 is 1.76 bits per heavy atom. The zero-order chi connectivity index (χ0) is 31.0. The number of carbonyl (C=O) groups excluding carboxylic acids is 4. The number of phenols is 1. The van der Waals surface area contributed by atoms with Gasteiger partial charge in [0.25, 0.3) is 5.91 Å². The Kier molecular flexibility index (Phi) is 7.17. The number of Topliss-reactive ketones (excluding diaryl/α,β-unsaturated/α-hetero) is 3. The third kappa shape index (κ3) is 4.38. The molecule has 0 saturated heterocycles. The molecular weight excluding hydrogens is 540 g/mol. The summed E-state index contributed by atoms with van der Waals surface area (Å²) in [7, 11) is 3.14. The maximum Gasteiger partial charge on any atom is 0.255 e. The van der Waals surface area contributed by atoms with Gasteiger partial charge in [-0.25, -0.2) is 0 Å². The van der Waals surface area contributed by atoms with Gasteiger partial charge in [-0.05, 0) is 74.2 Å². The van der Waals surface area contributed by atoms with Crippen molar-refractivity contribution in [3.63, 3.8) is 0 Å². The van der Waals surface area contributed by atoms with Gasteiger partial charge in [-0.1, -0.05) is 33.3 Å². The molecule has 1 aromatic carbocycles. The molecule has 10 heteroatoms. The minimum Gasteiger partial charge on any atom is -0.508 e. The number of likely N-dealkylation sites (N-methyl/N-ethyl adjacent to an activating group) is 1. The SMILES string of the molecule is CN(C)[C@@H]1C(=O)C(C(N)=O)=C(O)[C@@]2(O)C(=O)C3=C(O)c4c(O)ccc(C5CCCC5C(=O)CC(C)(C)C)c4C[C@H]3C[C@@H]12. The highest BCUT2D eigenvalue weighted by Gasteiger charge is 2.64. The molecule has 0 radical (unpaired) electrons. The number of benzene rings is 1. The van der Waals surface area contributed by atoms with E-state index in [2.05, 4.69) is 0 Å². The minimum absolute atomic E-state index is 0.0257. The highest BCUT2D eigenvalue weighted by molar-refractivity contribution is 6.24. The highest BCUT2D eigenvalue weighted by Crippen LogP contribution is 2.54. The number of nitrogens with two attached hydrogens (primary N) is 1. The van der Waals surface area contributed by atoms with Crippen molar-refractivity contribution in [2.24, 2.45) is 28.9 Å². The lowest BCUT2D eigenvalue weighted by atomic mass is 9.57. The zero-order valence-electron chi connectivity index (χ0n) is 24.7. The van der Waals surface area contributed by atoms with E-state index in [-0.39, 0.29) is 52.8 Å². The molecule has 4 aliphatic rings. The second kappa shape index (κ2) is 10.1. The summed E-state index contributed by atoms with van der Waals surface area (Å²) in [4.78, 5) is 54.4. The van der Waals surface area contributed by atoms with E-state index in [0.717, 1.165) is 24.8 Å². The van der Waals surface area contributed by atoms with Crippen LogP contribution in [-0.2, 0) is 25.6 Å². The number of primary amides is 1. The van der Waals surface area contributed by atoms with Crippen molar-refractivity contribution in [3.05, 3.63) is 45.7 Å². The second-order valence-corrected chi connectivity index (χ2v) is 13.8. The fourth-order valence-electron chi connectivity index (χ4n) is 7.99. The van der Waals surface area contributed by atoms with Gasteiger partial charge in [0.1, 0.15) is 28.6 Å². The van der Waals surface area contributed by atoms with Crippen molar-refractivity contribution < 1.29 is 39.6 Å². The summed E-state index contributed by atoms with van der Waals surface area (Å²) >= 11 is 0. The molecule has 42 heavy (non-hydrogen) atoms. The van der Waals surface area contributed by atoms with E-state index < -0.39 is 58.0 Å². The molecule has 1 aromatic rings. The third-order valence-electron chi connectivity index (χ3n) is 9.67. The van der Waals surface area contributed by atoms with Crippen molar-refractivity contribution in [2.45, 2.75) is 76.9 Å². The number of rotatable bonds is 5. The maximum absolute atomic E-state index is 14.0. The number of nitrogens with zero attached hydrogens (tertiary/aromatic N) is 1. The Morgan fingerprint density at radius 3 is 2.36 bits per heavy atom. The van der Waals surface area contributed by atoms with E-state index in [1.807, 2.05) is 20.8 Å². The third-order valence-corrected chi connectivity index (χ3v) is 9.67. The van der Waals surface area contributed by atoms with Crippen molar-refractivity contribution >= 4 is 29.0 Å². The zero-order valence-corrected chi connectivity index (χ0v) is 24.7. The van der Waals surface area contributed by atoms with Crippen molar-refractivity contribution in [1.29, 1.82) is 0 Å². The van der Waals surface area contributed by atoms with Crippen LogP contribution in [0.2, 0.25) is 0 Å². The summed E-state index contributed by atoms with van der Waals surface area (Å²) in [5.41, 5.74) is 3.08. The first-order valence-electron chi connectivity index (χ1n) is 14.5. The molecule has 226 valence electrons. The molecule has 0 aliphatic heterocycles. The number of aliphatic hydroxyl groups is 3. The number of hydrogen-bond acceptors (Lipinski definition) is 9. The lowest BCUT2D eigenvalue weighted by Gasteiger charge is -2.50. The van der Waals surface area contributed by atoms with Crippen LogP contribution in [0.5, 0.6) is 5.75 Å². The van der Waals surface area contributed by atoms with Gasteiger partial charge >= 0.3 is 0 Å². The summed E-state index contributed by atoms with van der Waals surface area (Å²) in [6.07, 6.45) is 3.07. The molecule has 10 nitrogen and oxygen atoms in total. The summed E-state index contributed by atoms with van der Waals surface area (Å²) in [6.45, 7) is 6.08. The van der Waals surface area contributed by atoms with E-state index in [0.29, 0.717) is 12.0 Å². The number of amides is 1. The largest absolute Gasteiger partial charge is 0.508 e. The normalized spacial score (nSPS) is 31.3. The Balaban J connectivity index is 1.65. The number of ketones is 3. The van der Waals surface area contributed by atoms with Crippen LogP contribution in [-0.4, -0.2) is 74.3 Å². The minimum atomic E-state index is -2.67. The molecule has 2 fully saturated rings. The molecule has 4 aliphatic carbocycles. The fourth-order valence-corrected chi connectivity index (χ4v) is 7.99. The summed E-state index contributed by atoms with van der Waals surface area (Å²) in [6, 6.07) is 2.10. The molecule has 0 aromatic heterocycles. The number of fused-ring (bicyclic) bond motifs is 3. The average Bonchev–Trinajstić information content (AvgIpc) is 3.35. The maximum atomic E-state index is 14.0. The molecular formula is C32H40N2O8. The number of hydrogen-bond donors (Lipinski definition) is 5. The van der Waals surface area contributed by atoms with Crippen LogP contribution in [0.3, 0.4) is 0 Å². The van der Waals surface area contributed by atoms with Crippen LogP contribution in [0.4, 0.5) is 0 Å². The van der Waals surface area contributed by atoms with Crippen molar-refractivity contribution in [1.82, 2.24) is 4.90 Å². The van der Waals surface area contributed by atoms with Gasteiger partial charge in [0.15, 0.2) is 11.4 Å². The summed E-state index contributed by atoms with van der Waals surface area (Å²) in [5, 5.41) is 45.2. The average molecular weight is 581 g/mol. The van der Waals surface area contributed by atoms with E-state index in [1.165, 1.54) is 11.0 Å². The first-order chi connectivity index (χ1) is 19.5. The molecule has 6 N–H and O–H groups in total. The van der Waals surface area contributed by atoms with E-state index in [9.17, 15) is 39.6 Å². The molecule has 1 amide bonds. The van der Waals surface area contributed by atoms with Crippen LogP contribution < -0.4 is 5.73 Å². The Morgan fingerprint density at radius 1 is 1.10 bits per heavy atom. The number of aliphatic hydroxyl groups excluding tert-OH is 2. The second-order valence-electron chi connectivity index (χ2n) is 13.8. The number of carbonyl (C=O) groups is 4. The van der Waals surface area contributed by atoms with Crippen molar-refractivity contribution in [3.8, 4) is 5.75 Å². The van der Waals surface area contributed by atoms with Gasteiger partial charge in [0.05, 0.1) is 11.6 Å². The van der Waals surface area contributed by atoms with Gasteiger partial charge in [0.2, 0.25) is 5.78 Å². The van der Waals surface area contributed by atoms with Crippen LogP contribution in [0, 0.1) is 23.2 Å². The standard InChI is InChI=1S/C32H40N2O8/c1-31(2,3)13-21(36)17-8-6-7-15(17)16-9-10-20(35)23-18(16)11-14-12-19-25(34(4)5)27(38)24(30(33)41)29(40)32(19,42)28(39)22(14)26(23)37/h9-10,14-15,17,19,25,35,37,40,42H,6-8,11-13H2,1-5H3,(H2,33,41)/t14-,15?,17?,19-,25-,32-/m0/s1. The van der Waals surface area contributed by atoms with E-state index in [1.54, 1.807) is 20.2 Å². The summed E-state index contributed by atoms with van der Waals surface area (Å²) < 4.78 is 0. The Labute approximate surface area is 244 Å². The van der Waals surface area contributed by atoms with Gasteiger partial charge < -0.3 is 26.2 Å².